The van der Waals surface area contributed by atoms with Crippen molar-refractivity contribution in [2.75, 3.05) is 20.2 Å². The molecule has 1 fully saturated rings. The number of rotatable bonds is 4. The summed E-state index contributed by atoms with van der Waals surface area (Å²) in [5.74, 6) is 0.933. The first-order valence-corrected chi connectivity index (χ1v) is 11.4. The number of hydrogen-bond donors (Lipinski definition) is 1. The number of fused-ring (bicyclic) bond motifs is 3. The number of oxazole rings is 1. The Morgan fingerprint density at radius 1 is 1.32 bits per heavy atom. The molecule has 3 atom stereocenters. The summed E-state index contributed by atoms with van der Waals surface area (Å²) < 4.78 is 13.6. The van der Waals surface area contributed by atoms with Crippen LogP contribution >= 0.6 is 0 Å². The van der Waals surface area contributed by atoms with Gasteiger partial charge >= 0.3 is 0 Å². The van der Waals surface area contributed by atoms with Gasteiger partial charge in [-0.3, -0.25) is 4.90 Å². The predicted octanol–water partition coefficient (Wildman–Crippen LogP) is 4.57. The highest BCUT2D eigenvalue weighted by molar-refractivity contribution is 5.91. The van der Waals surface area contributed by atoms with Crippen LogP contribution in [0.15, 0.2) is 34.8 Å². The van der Waals surface area contributed by atoms with Crippen LogP contribution in [0.25, 0.3) is 16.6 Å². The van der Waals surface area contributed by atoms with E-state index in [-0.39, 0.29) is 5.41 Å². The fraction of sp³-hybridized carbons (Fsp3) is 0.480. The molecule has 0 spiro atoms. The van der Waals surface area contributed by atoms with Crippen LogP contribution in [0.3, 0.4) is 0 Å². The van der Waals surface area contributed by atoms with Crippen molar-refractivity contribution in [3.8, 4) is 0 Å². The summed E-state index contributed by atoms with van der Waals surface area (Å²) in [5.41, 5.74) is 5.82. The Labute approximate surface area is 182 Å². The lowest BCUT2D eigenvalue weighted by Gasteiger charge is -2.53. The molecule has 3 aromatic rings. The van der Waals surface area contributed by atoms with Crippen molar-refractivity contribution in [2.24, 2.45) is 5.41 Å². The molecule has 5 heterocycles. The molecule has 0 amide bonds. The molecule has 1 unspecified atom stereocenters. The fourth-order valence-electron chi connectivity index (χ4n) is 6.29. The van der Waals surface area contributed by atoms with Crippen molar-refractivity contribution in [3.63, 3.8) is 0 Å². The summed E-state index contributed by atoms with van der Waals surface area (Å²) in [4.78, 5) is 7.44. The van der Waals surface area contributed by atoms with Gasteiger partial charge in [-0.25, -0.2) is 4.98 Å². The second kappa shape index (κ2) is 6.79. The van der Waals surface area contributed by atoms with E-state index in [1.54, 1.807) is 0 Å². The normalized spacial score (nSPS) is 26.1. The molecule has 1 aromatic carbocycles. The molecule has 162 valence electrons. The van der Waals surface area contributed by atoms with Gasteiger partial charge in [-0.2, -0.15) is 0 Å². The van der Waals surface area contributed by atoms with Gasteiger partial charge in [0, 0.05) is 30.1 Å². The van der Waals surface area contributed by atoms with Crippen molar-refractivity contribution in [1.29, 1.82) is 0 Å². The van der Waals surface area contributed by atoms with Gasteiger partial charge in [0.2, 0.25) is 12.2 Å². The lowest BCUT2D eigenvalue weighted by atomic mass is 9.66. The number of nitrogens with zero attached hydrogens (tertiary/aromatic N) is 3. The van der Waals surface area contributed by atoms with E-state index in [1.807, 2.05) is 6.92 Å². The van der Waals surface area contributed by atoms with Crippen molar-refractivity contribution >= 4 is 16.6 Å². The first kappa shape index (κ1) is 19.3. The van der Waals surface area contributed by atoms with Crippen LogP contribution in [0.4, 0.5) is 0 Å². The molecule has 1 N–H and O–H groups in total. The van der Waals surface area contributed by atoms with Gasteiger partial charge in [-0.1, -0.05) is 25.1 Å². The topological polar surface area (TPSA) is 63.7 Å². The SMILES string of the molecule is CC[C@@]12C=C(c3nc(C)c(C(O)OC)o3)n3c4c(c5ccccc53)CCN(CCC1)[C@H]42. The average molecular weight is 420 g/mol. The van der Waals surface area contributed by atoms with Crippen molar-refractivity contribution in [2.45, 2.75) is 51.9 Å². The maximum atomic E-state index is 10.2. The Morgan fingerprint density at radius 2 is 2.16 bits per heavy atom. The summed E-state index contributed by atoms with van der Waals surface area (Å²) in [6, 6.07) is 9.09. The molecule has 0 saturated carbocycles. The molecule has 3 aliphatic rings. The van der Waals surface area contributed by atoms with E-state index in [2.05, 4.69) is 46.7 Å². The van der Waals surface area contributed by atoms with E-state index in [0.717, 1.165) is 25.1 Å². The van der Waals surface area contributed by atoms with Gasteiger partial charge in [0.25, 0.3) is 0 Å². The van der Waals surface area contributed by atoms with Crippen LogP contribution in [0, 0.1) is 12.3 Å². The van der Waals surface area contributed by atoms with Crippen molar-refractivity contribution in [3.05, 3.63) is 58.9 Å². The first-order chi connectivity index (χ1) is 15.1. The standard InChI is InChI=1S/C25H29N3O3/c1-4-25-11-7-12-27-13-10-17-16-8-5-6-9-18(16)28(20(17)22(25)27)19(14-25)23-26-15(2)21(31-23)24(29)30-3/h5-6,8-9,14,22,24,29H,4,7,10-13H2,1-3H3/t22-,24?,25+/m1/s1. The van der Waals surface area contributed by atoms with E-state index in [0.29, 0.717) is 23.4 Å². The number of aromatic nitrogens is 2. The monoisotopic (exact) mass is 419 g/mol. The van der Waals surface area contributed by atoms with Gasteiger partial charge in [-0.05, 0) is 56.9 Å². The van der Waals surface area contributed by atoms with Crippen molar-refractivity contribution in [1.82, 2.24) is 14.5 Å². The third-order valence-electron chi connectivity index (χ3n) is 7.75. The third-order valence-corrected chi connectivity index (χ3v) is 7.75. The minimum Gasteiger partial charge on any atom is -0.434 e. The molecule has 0 radical (unpaired) electrons. The zero-order valence-electron chi connectivity index (χ0n) is 18.4. The van der Waals surface area contributed by atoms with Crippen LogP contribution in [-0.4, -0.2) is 39.8 Å². The molecule has 3 aliphatic heterocycles. The molecule has 31 heavy (non-hydrogen) atoms. The second-order valence-electron chi connectivity index (χ2n) is 9.18. The van der Waals surface area contributed by atoms with Crippen LogP contribution in [0.5, 0.6) is 0 Å². The lowest BCUT2D eigenvalue weighted by Crippen LogP contribution is -2.50. The third kappa shape index (κ3) is 2.52. The summed E-state index contributed by atoms with van der Waals surface area (Å²) in [7, 11) is 1.47. The van der Waals surface area contributed by atoms with Crippen LogP contribution in [-0.2, 0) is 11.2 Å². The summed E-state index contributed by atoms with van der Waals surface area (Å²) in [6.45, 7) is 6.46. The highest BCUT2D eigenvalue weighted by atomic mass is 16.6. The Morgan fingerprint density at radius 3 is 2.97 bits per heavy atom. The van der Waals surface area contributed by atoms with E-state index in [9.17, 15) is 5.11 Å². The highest BCUT2D eigenvalue weighted by Crippen LogP contribution is 2.57. The smallest absolute Gasteiger partial charge is 0.243 e. The summed E-state index contributed by atoms with van der Waals surface area (Å²) >= 11 is 0. The van der Waals surface area contributed by atoms with Gasteiger partial charge in [0.05, 0.1) is 17.3 Å². The Balaban J connectivity index is 1.66. The maximum absolute atomic E-state index is 10.2. The van der Waals surface area contributed by atoms with E-state index < -0.39 is 6.29 Å². The number of ether oxygens (including phenoxy) is 1. The molecule has 2 aromatic heterocycles. The molecule has 6 nitrogen and oxygen atoms in total. The largest absolute Gasteiger partial charge is 0.434 e. The Bertz CT molecular complexity index is 1210. The molecule has 0 aliphatic carbocycles. The zero-order valence-corrected chi connectivity index (χ0v) is 18.4. The highest BCUT2D eigenvalue weighted by Gasteiger charge is 2.50. The van der Waals surface area contributed by atoms with E-state index >= 15 is 0 Å². The number of aliphatic hydroxyl groups is 1. The number of methoxy groups -OCH3 is 1. The van der Waals surface area contributed by atoms with Gasteiger partial charge in [0.1, 0.15) is 5.70 Å². The quantitative estimate of drug-likeness (QED) is 0.628. The van der Waals surface area contributed by atoms with E-state index in [1.165, 1.54) is 48.7 Å². The maximum Gasteiger partial charge on any atom is 0.243 e. The second-order valence-corrected chi connectivity index (χ2v) is 9.18. The minimum atomic E-state index is -1.11. The van der Waals surface area contributed by atoms with Crippen LogP contribution in [0.1, 0.15) is 67.1 Å². The number of aryl methyl sites for hydroxylation is 1. The number of piperidine rings is 1. The number of aliphatic hydroxyl groups excluding tert-OH is 1. The lowest BCUT2D eigenvalue weighted by molar-refractivity contribution is -0.0909. The van der Waals surface area contributed by atoms with Gasteiger partial charge in [-0.15, -0.1) is 0 Å². The molecule has 0 bridgehead atoms. The molecular formula is C25H29N3O3. The summed E-state index contributed by atoms with van der Waals surface area (Å²) in [5, 5.41) is 11.6. The number of para-hydroxylation sites is 1. The number of benzene rings is 1. The minimum absolute atomic E-state index is 0.0650. The van der Waals surface area contributed by atoms with Crippen LogP contribution < -0.4 is 0 Å². The van der Waals surface area contributed by atoms with E-state index in [4.69, 9.17) is 14.1 Å². The average Bonchev–Trinajstić information content (AvgIpc) is 3.36. The molecule has 1 saturated heterocycles. The van der Waals surface area contributed by atoms with Crippen molar-refractivity contribution < 1.29 is 14.3 Å². The molecule has 6 rings (SSSR count). The molecule has 6 heteroatoms. The van der Waals surface area contributed by atoms with Gasteiger partial charge < -0.3 is 18.8 Å². The number of hydrogen-bond acceptors (Lipinski definition) is 5. The predicted molar refractivity (Wildman–Crippen MR) is 118 cm³/mol. The van der Waals surface area contributed by atoms with Gasteiger partial charge in [0.15, 0.2) is 5.76 Å². The Hall–Kier alpha value is -2.41. The zero-order chi connectivity index (χ0) is 21.3. The fourth-order valence-corrected chi connectivity index (χ4v) is 6.29. The Kier molecular flexibility index (Phi) is 4.23. The molecular weight excluding hydrogens is 390 g/mol. The van der Waals surface area contributed by atoms with Crippen LogP contribution in [0.2, 0.25) is 0 Å². The summed E-state index contributed by atoms with van der Waals surface area (Å²) in [6.07, 6.45) is 5.84. The first-order valence-electron chi connectivity index (χ1n) is 11.4.